The van der Waals surface area contributed by atoms with Gasteiger partial charge in [0.25, 0.3) is 0 Å². The lowest BCUT2D eigenvalue weighted by Crippen LogP contribution is -2.33. The van der Waals surface area contributed by atoms with Crippen LogP contribution in [-0.4, -0.2) is 62.4 Å². The van der Waals surface area contributed by atoms with E-state index in [-0.39, 0.29) is 19.0 Å². The molecule has 2 N–H and O–H groups in total. The van der Waals surface area contributed by atoms with E-state index in [9.17, 15) is 14.0 Å². The van der Waals surface area contributed by atoms with Crippen LogP contribution in [0.5, 0.6) is 0 Å². The molecular formula is C21H24FN5O4. The molecule has 1 aromatic carbocycles. The Bertz CT molecular complexity index is 947. The van der Waals surface area contributed by atoms with Crippen molar-refractivity contribution in [3.05, 3.63) is 42.3 Å². The molecule has 31 heavy (non-hydrogen) atoms. The predicted molar refractivity (Wildman–Crippen MR) is 112 cm³/mol. The van der Waals surface area contributed by atoms with E-state index in [4.69, 9.17) is 9.57 Å². The SMILES string of the molecule is CC(=O)NC[C@H]1CN(c2ccc(-c3ccc(N4CCNOCC4)nc3)c(F)c2)C(=O)O1. The van der Waals surface area contributed by atoms with Crippen molar-refractivity contribution in [3.8, 4) is 11.1 Å². The maximum atomic E-state index is 14.9. The molecule has 2 amide bonds. The lowest BCUT2D eigenvalue weighted by molar-refractivity contribution is -0.119. The Morgan fingerprint density at radius 3 is 2.94 bits per heavy atom. The molecule has 0 saturated carbocycles. The second-order valence-corrected chi connectivity index (χ2v) is 7.35. The van der Waals surface area contributed by atoms with Gasteiger partial charge in [-0.15, -0.1) is 0 Å². The lowest BCUT2D eigenvalue weighted by atomic mass is 10.1. The Morgan fingerprint density at radius 1 is 1.32 bits per heavy atom. The molecule has 164 valence electrons. The van der Waals surface area contributed by atoms with Gasteiger partial charge >= 0.3 is 6.09 Å². The number of hydroxylamine groups is 1. The number of carbonyl (C=O) groups excluding carboxylic acids is 2. The van der Waals surface area contributed by atoms with Crippen LogP contribution < -0.4 is 20.6 Å². The van der Waals surface area contributed by atoms with Crippen molar-refractivity contribution in [1.29, 1.82) is 0 Å². The van der Waals surface area contributed by atoms with Crippen LogP contribution in [0.2, 0.25) is 0 Å². The lowest BCUT2D eigenvalue weighted by Gasteiger charge is -2.20. The van der Waals surface area contributed by atoms with E-state index in [0.29, 0.717) is 30.0 Å². The summed E-state index contributed by atoms with van der Waals surface area (Å²) in [7, 11) is 0. The summed E-state index contributed by atoms with van der Waals surface area (Å²) in [5.74, 6) is 0.140. The smallest absolute Gasteiger partial charge is 0.414 e. The number of hydrogen-bond donors (Lipinski definition) is 2. The minimum atomic E-state index is -0.565. The van der Waals surface area contributed by atoms with E-state index < -0.39 is 18.0 Å². The summed E-state index contributed by atoms with van der Waals surface area (Å²) in [6.45, 7) is 4.59. The third-order valence-electron chi connectivity index (χ3n) is 5.15. The van der Waals surface area contributed by atoms with Gasteiger partial charge in [-0.3, -0.25) is 14.5 Å². The number of benzene rings is 1. The van der Waals surface area contributed by atoms with Gasteiger partial charge < -0.3 is 15.0 Å². The molecule has 1 atom stereocenters. The molecule has 0 spiro atoms. The summed E-state index contributed by atoms with van der Waals surface area (Å²) < 4.78 is 20.1. The first-order valence-electron chi connectivity index (χ1n) is 10.1. The van der Waals surface area contributed by atoms with Crippen molar-refractivity contribution in [3.63, 3.8) is 0 Å². The molecule has 0 aliphatic carbocycles. The third kappa shape index (κ3) is 4.92. The highest BCUT2D eigenvalue weighted by molar-refractivity contribution is 5.90. The van der Waals surface area contributed by atoms with Crippen LogP contribution in [0.1, 0.15) is 6.92 Å². The van der Waals surface area contributed by atoms with E-state index in [0.717, 1.165) is 18.9 Å². The summed E-state index contributed by atoms with van der Waals surface area (Å²) in [5.41, 5.74) is 4.30. The zero-order chi connectivity index (χ0) is 21.8. The fraction of sp³-hybridized carbons (Fsp3) is 0.381. The summed E-state index contributed by atoms with van der Waals surface area (Å²) in [5, 5.41) is 2.62. The van der Waals surface area contributed by atoms with Gasteiger partial charge in [0.2, 0.25) is 5.91 Å². The van der Waals surface area contributed by atoms with Crippen LogP contribution >= 0.6 is 0 Å². The molecular weight excluding hydrogens is 405 g/mol. The molecule has 0 bridgehead atoms. The first-order valence-corrected chi connectivity index (χ1v) is 10.1. The largest absolute Gasteiger partial charge is 0.442 e. The maximum absolute atomic E-state index is 14.9. The molecule has 3 heterocycles. The van der Waals surface area contributed by atoms with Gasteiger partial charge in [-0.2, -0.15) is 0 Å². The standard InChI is InChI=1S/C21H24FN5O4/c1-14(28)23-12-17-13-27(21(29)31-17)16-3-4-18(19(22)10-16)15-2-5-20(24-11-15)26-7-6-25-30-9-8-26/h2-5,10-11,17,25H,6-9,12-13H2,1H3,(H,23,28)/t17-/m0/s1. The molecule has 2 aromatic rings. The van der Waals surface area contributed by atoms with Crippen molar-refractivity contribution in [2.24, 2.45) is 0 Å². The van der Waals surface area contributed by atoms with Gasteiger partial charge in [-0.1, -0.05) is 0 Å². The number of nitrogens with zero attached hydrogens (tertiary/aromatic N) is 3. The van der Waals surface area contributed by atoms with Crippen LogP contribution in [0.15, 0.2) is 36.5 Å². The molecule has 9 nitrogen and oxygen atoms in total. The molecule has 2 aliphatic heterocycles. The van der Waals surface area contributed by atoms with Crippen LogP contribution in [0.3, 0.4) is 0 Å². The van der Waals surface area contributed by atoms with Gasteiger partial charge in [-0.25, -0.2) is 19.6 Å². The van der Waals surface area contributed by atoms with Crippen LogP contribution in [-0.2, 0) is 14.4 Å². The van der Waals surface area contributed by atoms with Gasteiger partial charge in [-0.05, 0) is 30.3 Å². The highest BCUT2D eigenvalue weighted by Crippen LogP contribution is 2.29. The van der Waals surface area contributed by atoms with E-state index >= 15 is 0 Å². The van der Waals surface area contributed by atoms with Crippen LogP contribution in [0, 0.1) is 5.82 Å². The maximum Gasteiger partial charge on any atom is 0.414 e. The molecule has 4 rings (SSSR count). The second kappa shape index (κ2) is 9.27. The fourth-order valence-corrected chi connectivity index (χ4v) is 3.56. The zero-order valence-electron chi connectivity index (χ0n) is 17.1. The van der Waals surface area contributed by atoms with Crippen molar-refractivity contribution in [2.45, 2.75) is 13.0 Å². The molecule has 0 unspecified atom stereocenters. The number of cyclic esters (lactones) is 1. The zero-order valence-corrected chi connectivity index (χ0v) is 17.1. The van der Waals surface area contributed by atoms with Crippen molar-refractivity contribution in [1.82, 2.24) is 15.8 Å². The summed E-state index contributed by atoms with van der Waals surface area (Å²) in [6.07, 6.45) is 0.597. The van der Waals surface area contributed by atoms with E-state index in [1.165, 1.54) is 17.9 Å². The van der Waals surface area contributed by atoms with E-state index in [2.05, 4.69) is 20.7 Å². The molecule has 2 aliphatic rings. The monoisotopic (exact) mass is 429 g/mol. The highest BCUT2D eigenvalue weighted by atomic mass is 19.1. The third-order valence-corrected chi connectivity index (χ3v) is 5.15. The Balaban J connectivity index is 1.46. The molecule has 2 fully saturated rings. The molecule has 0 radical (unpaired) electrons. The number of carbonyl (C=O) groups is 2. The number of rotatable bonds is 5. The topological polar surface area (TPSA) is 96.0 Å². The molecule has 1 aromatic heterocycles. The Hall–Kier alpha value is -3.24. The number of halogens is 1. The predicted octanol–water partition coefficient (Wildman–Crippen LogP) is 1.69. The number of nitrogens with one attached hydrogen (secondary N) is 2. The highest BCUT2D eigenvalue weighted by Gasteiger charge is 2.32. The average Bonchev–Trinajstić information content (AvgIpc) is 2.95. The quantitative estimate of drug-likeness (QED) is 0.747. The van der Waals surface area contributed by atoms with Crippen LogP contribution in [0.25, 0.3) is 11.1 Å². The fourth-order valence-electron chi connectivity index (χ4n) is 3.56. The number of amides is 2. The van der Waals surface area contributed by atoms with Gasteiger partial charge in [0, 0.05) is 43.9 Å². The summed E-state index contributed by atoms with van der Waals surface area (Å²) in [6, 6.07) is 8.29. The summed E-state index contributed by atoms with van der Waals surface area (Å²) >= 11 is 0. The average molecular weight is 429 g/mol. The minimum Gasteiger partial charge on any atom is -0.442 e. The number of ether oxygens (including phenoxy) is 1. The second-order valence-electron chi connectivity index (χ2n) is 7.35. The number of hydrogen-bond acceptors (Lipinski definition) is 7. The Morgan fingerprint density at radius 2 is 2.19 bits per heavy atom. The van der Waals surface area contributed by atoms with Gasteiger partial charge in [0.1, 0.15) is 17.7 Å². The Labute approximate surface area is 179 Å². The molecule has 10 heteroatoms. The van der Waals surface area contributed by atoms with Gasteiger partial charge in [0.15, 0.2) is 0 Å². The first kappa shape index (κ1) is 21.0. The van der Waals surface area contributed by atoms with Crippen molar-refractivity contribution >= 4 is 23.5 Å². The van der Waals surface area contributed by atoms with Crippen LogP contribution in [0.4, 0.5) is 20.7 Å². The minimum absolute atomic E-state index is 0.203. The van der Waals surface area contributed by atoms with Gasteiger partial charge in [0.05, 0.1) is 25.4 Å². The number of aromatic nitrogens is 1. The van der Waals surface area contributed by atoms with E-state index in [1.54, 1.807) is 18.3 Å². The summed E-state index contributed by atoms with van der Waals surface area (Å²) in [4.78, 5) is 36.3. The molecule has 2 saturated heterocycles. The normalized spacial score (nSPS) is 19.2. The number of anilines is 2. The number of pyridine rings is 1. The van der Waals surface area contributed by atoms with Crippen molar-refractivity contribution < 1.29 is 23.6 Å². The van der Waals surface area contributed by atoms with E-state index in [1.807, 2.05) is 12.1 Å². The van der Waals surface area contributed by atoms with Crippen molar-refractivity contribution in [2.75, 3.05) is 49.1 Å². The Kier molecular flexibility index (Phi) is 6.28. The first-order chi connectivity index (χ1) is 15.0.